The first kappa shape index (κ1) is 10.8. The zero-order valence-electron chi connectivity index (χ0n) is 8.84. The molecule has 1 rings (SSSR count). The van der Waals surface area contributed by atoms with Crippen LogP contribution in [-0.4, -0.2) is 50.5 Å². The highest BCUT2D eigenvalue weighted by Crippen LogP contribution is 1.99. The lowest BCUT2D eigenvalue weighted by Gasteiger charge is -2.12. The Morgan fingerprint density at radius 2 is 2.29 bits per heavy atom. The Labute approximate surface area is 84.6 Å². The van der Waals surface area contributed by atoms with E-state index in [1.54, 1.807) is 14.1 Å². The van der Waals surface area contributed by atoms with E-state index < -0.39 is 0 Å². The van der Waals surface area contributed by atoms with Crippen LogP contribution in [0.1, 0.15) is 12.8 Å². The summed E-state index contributed by atoms with van der Waals surface area (Å²) in [5.74, 6) is 1.07. The van der Waals surface area contributed by atoms with Gasteiger partial charge in [-0.1, -0.05) is 0 Å². The maximum atomic E-state index is 11.1. The van der Waals surface area contributed by atoms with Crippen LogP contribution in [0.15, 0.2) is 4.99 Å². The fourth-order valence-electron chi connectivity index (χ4n) is 1.22. The summed E-state index contributed by atoms with van der Waals surface area (Å²) in [5, 5.41) is 5.97. The number of nitrogens with one attached hydrogen (secondary N) is 2. The molecular weight excluding hydrogens is 180 g/mol. The van der Waals surface area contributed by atoms with Crippen LogP contribution in [0.4, 0.5) is 4.79 Å². The Morgan fingerprint density at radius 1 is 1.50 bits per heavy atom. The highest BCUT2D eigenvalue weighted by molar-refractivity contribution is 5.83. The van der Waals surface area contributed by atoms with Crippen LogP contribution in [0.5, 0.6) is 0 Å². The van der Waals surface area contributed by atoms with Crippen molar-refractivity contribution in [2.24, 2.45) is 4.99 Å². The number of amidine groups is 1. The molecule has 1 heterocycles. The van der Waals surface area contributed by atoms with Crippen LogP contribution in [0.25, 0.3) is 0 Å². The normalized spacial score (nSPS) is 14.9. The SMILES string of the molecule is CN(C)C(=O)NCCNC1=NCCC1. The number of carbonyl (C=O) groups excluding carboxylic acids is 1. The molecule has 2 amide bonds. The first-order chi connectivity index (χ1) is 6.70. The number of carbonyl (C=O) groups is 1. The molecule has 0 aromatic rings. The number of nitrogens with zero attached hydrogens (tertiary/aromatic N) is 2. The van der Waals surface area contributed by atoms with E-state index in [-0.39, 0.29) is 6.03 Å². The second-order valence-electron chi connectivity index (χ2n) is 3.49. The quantitative estimate of drug-likeness (QED) is 0.629. The Morgan fingerprint density at radius 3 is 2.86 bits per heavy atom. The van der Waals surface area contributed by atoms with E-state index >= 15 is 0 Å². The van der Waals surface area contributed by atoms with Gasteiger partial charge < -0.3 is 15.5 Å². The number of hydrogen-bond acceptors (Lipinski definition) is 3. The lowest BCUT2D eigenvalue weighted by molar-refractivity contribution is 0.217. The van der Waals surface area contributed by atoms with Crippen molar-refractivity contribution in [3.8, 4) is 0 Å². The highest BCUT2D eigenvalue weighted by Gasteiger charge is 2.05. The lowest BCUT2D eigenvalue weighted by atomic mass is 10.3. The molecular formula is C9H18N4O. The Balaban J connectivity index is 2.01. The minimum atomic E-state index is -0.0554. The van der Waals surface area contributed by atoms with Gasteiger partial charge >= 0.3 is 6.03 Å². The minimum absolute atomic E-state index is 0.0554. The summed E-state index contributed by atoms with van der Waals surface area (Å²) in [7, 11) is 3.45. The van der Waals surface area contributed by atoms with Gasteiger partial charge in [-0.2, -0.15) is 0 Å². The van der Waals surface area contributed by atoms with Gasteiger partial charge in [-0.3, -0.25) is 4.99 Å². The van der Waals surface area contributed by atoms with Crippen molar-refractivity contribution in [3.05, 3.63) is 0 Å². The fourth-order valence-corrected chi connectivity index (χ4v) is 1.22. The molecule has 5 nitrogen and oxygen atoms in total. The third-order valence-corrected chi connectivity index (χ3v) is 2.01. The average Bonchev–Trinajstić information content (AvgIpc) is 2.64. The Hall–Kier alpha value is -1.26. The average molecular weight is 198 g/mol. The molecule has 5 heteroatoms. The highest BCUT2D eigenvalue weighted by atomic mass is 16.2. The standard InChI is InChI=1S/C9H18N4O/c1-13(2)9(14)12-7-6-11-8-4-3-5-10-8/h3-7H2,1-2H3,(H,10,11)(H,12,14). The molecule has 0 atom stereocenters. The number of aliphatic imine (C=N–C) groups is 1. The molecule has 0 spiro atoms. The van der Waals surface area contributed by atoms with Gasteiger partial charge in [0.25, 0.3) is 0 Å². The van der Waals surface area contributed by atoms with Gasteiger partial charge in [0.05, 0.1) is 5.84 Å². The van der Waals surface area contributed by atoms with E-state index in [4.69, 9.17) is 0 Å². The van der Waals surface area contributed by atoms with Gasteiger partial charge in [0.15, 0.2) is 0 Å². The molecule has 0 radical (unpaired) electrons. The van der Waals surface area contributed by atoms with Crippen molar-refractivity contribution in [1.82, 2.24) is 15.5 Å². The monoisotopic (exact) mass is 198 g/mol. The smallest absolute Gasteiger partial charge is 0.316 e. The molecule has 2 N–H and O–H groups in total. The van der Waals surface area contributed by atoms with Crippen LogP contribution in [-0.2, 0) is 0 Å². The number of rotatable bonds is 3. The van der Waals surface area contributed by atoms with Crippen molar-refractivity contribution in [2.45, 2.75) is 12.8 Å². The summed E-state index contributed by atoms with van der Waals surface area (Å²) < 4.78 is 0. The van der Waals surface area contributed by atoms with Crippen molar-refractivity contribution < 1.29 is 4.79 Å². The maximum absolute atomic E-state index is 11.1. The third kappa shape index (κ3) is 3.64. The molecule has 1 aliphatic heterocycles. The van der Waals surface area contributed by atoms with E-state index in [9.17, 15) is 4.79 Å². The van der Waals surface area contributed by atoms with Gasteiger partial charge in [-0.15, -0.1) is 0 Å². The number of urea groups is 1. The van der Waals surface area contributed by atoms with Gasteiger partial charge in [-0.05, 0) is 6.42 Å². The zero-order valence-corrected chi connectivity index (χ0v) is 8.84. The van der Waals surface area contributed by atoms with Gasteiger partial charge in [0.2, 0.25) is 0 Å². The molecule has 1 aliphatic rings. The Bertz CT molecular complexity index is 225. The van der Waals surface area contributed by atoms with E-state index in [0.29, 0.717) is 6.54 Å². The van der Waals surface area contributed by atoms with Crippen LogP contribution < -0.4 is 10.6 Å². The minimum Gasteiger partial charge on any atom is -0.372 e. The van der Waals surface area contributed by atoms with Crippen LogP contribution in [0.2, 0.25) is 0 Å². The molecule has 0 aliphatic carbocycles. The molecule has 0 bridgehead atoms. The summed E-state index contributed by atoms with van der Waals surface area (Å²) in [4.78, 5) is 16.9. The summed E-state index contributed by atoms with van der Waals surface area (Å²) in [6.07, 6.45) is 2.19. The van der Waals surface area contributed by atoms with E-state index in [2.05, 4.69) is 15.6 Å². The molecule has 0 fully saturated rings. The summed E-state index contributed by atoms with van der Waals surface area (Å²) in [6.45, 7) is 2.32. The number of amides is 2. The topological polar surface area (TPSA) is 56.7 Å². The second-order valence-corrected chi connectivity index (χ2v) is 3.49. The lowest BCUT2D eigenvalue weighted by Crippen LogP contribution is -2.39. The molecule has 0 aromatic heterocycles. The zero-order chi connectivity index (χ0) is 10.4. The third-order valence-electron chi connectivity index (χ3n) is 2.01. The van der Waals surface area contributed by atoms with E-state index in [0.717, 1.165) is 31.8 Å². The van der Waals surface area contributed by atoms with E-state index in [1.807, 2.05) is 0 Å². The molecule has 80 valence electrons. The summed E-state index contributed by atoms with van der Waals surface area (Å²) >= 11 is 0. The predicted molar refractivity (Wildman–Crippen MR) is 56.6 cm³/mol. The Kier molecular flexibility index (Phi) is 4.22. The van der Waals surface area contributed by atoms with E-state index in [1.165, 1.54) is 4.90 Å². The van der Waals surface area contributed by atoms with Crippen molar-refractivity contribution in [1.29, 1.82) is 0 Å². The van der Waals surface area contributed by atoms with Gasteiger partial charge in [0.1, 0.15) is 0 Å². The first-order valence-corrected chi connectivity index (χ1v) is 4.92. The molecule has 0 unspecified atom stereocenters. The molecule has 0 saturated carbocycles. The predicted octanol–water partition coefficient (Wildman–Crippen LogP) is 0.0395. The van der Waals surface area contributed by atoms with Crippen LogP contribution in [0.3, 0.4) is 0 Å². The fraction of sp³-hybridized carbons (Fsp3) is 0.778. The molecule has 0 saturated heterocycles. The molecule has 0 aromatic carbocycles. The number of hydrogen-bond donors (Lipinski definition) is 2. The first-order valence-electron chi connectivity index (χ1n) is 4.92. The maximum Gasteiger partial charge on any atom is 0.316 e. The van der Waals surface area contributed by atoms with Crippen LogP contribution in [0, 0.1) is 0 Å². The molecule has 14 heavy (non-hydrogen) atoms. The van der Waals surface area contributed by atoms with Gasteiger partial charge in [0, 0.05) is 40.2 Å². The van der Waals surface area contributed by atoms with Crippen molar-refractivity contribution in [2.75, 3.05) is 33.7 Å². The van der Waals surface area contributed by atoms with Crippen molar-refractivity contribution >= 4 is 11.9 Å². The van der Waals surface area contributed by atoms with Gasteiger partial charge in [-0.25, -0.2) is 4.79 Å². The summed E-state index contributed by atoms with van der Waals surface area (Å²) in [6, 6.07) is -0.0554. The van der Waals surface area contributed by atoms with Crippen molar-refractivity contribution in [3.63, 3.8) is 0 Å². The van der Waals surface area contributed by atoms with Crippen LogP contribution >= 0.6 is 0 Å². The second kappa shape index (κ2) is 5.47. The summed E-state index contributed by atoms with van der Waals surface area (Å²) in [5.41, 5.74) is 0. The largest absolute Gasteiger partial charge is 0.372 e.